The zero-order valence-corrected chi connectivity index (χ0v) is 19.2. The fraction of sp³-hybridized carbons (Fsp3) is 0. The van der Waals surface area contributed by atoms with Crippen LogP contribution in [0.1, 0.15) is 0 Å². The van der Waals surface area contributed by atoms with E-state index in [9.17, 15) is 0 Å². The van der Waals surface area contributed by atoms with Crippen molar-refractivity contribution in [3.63, 3.8) is 0 Å². The molecule has 0 heterocycles. The maximum absolute atomic E-state index is 8.63. The van der Waals surface area contributed by atoms with E-state index in [1.165, 1.54) is 0 Å². The van der Waals surface area contributed by atoms with Crippen LogP contribution >= 0.6 is 0 Å². The summed E-state index contributed by atoms with van der Waals surface area (Å²) < 4.78 is 69.0. The quantitative estimate of drug-likeness (QED) is 0.295. The van der Waals surface area contributed by atoms with Gasteiger partial charge < -0.3 is 0 Å². The molecule has 0 saturated heterocycles. The Balaban J connectivity index is -0.0000000267. The fourth-order valence-electron chi connectivity index (χ4n) is 0. The third kappa shape index (κ3) is 197. The molecular weight excluding hydrogens is 503 g/mol. The first-order valence-corrected chi connectivity index (χ1v) is 7.89. The normalized spacial score (nSPS) is 8.92. The molecule has 0 unspecified atom stereocenters. The van der Waals surface area contributed by atoms with E-state index in [0.29, 0.717) is 0 Å². The summed E-state index contributed by atoms with van der Waals surface area (Å²) in [5.41, 5.74) is 0. The van der Waals surface area contributed by atoms with E-state index in [0.717, 1.165) is 0 Å². The van der Waals surface area contributed by atoms with E-state index >= 15 is 0 Å². The number of hydrogen-bond acceptors (Lipinski definition) is 8. The Bertz CT molecular complexity index is 217. The van der Waals surface area contributed by atoms with E-state index in [2.05, 4.69) is 0 Å². The van der Waals surface area contributed by atoms with Gasteiger partial charge in [-0.1, -0.05) is 0 Å². The van der Waals surface area contributed by atoms with Crippen LogP contribution in [0.4, 0.5) is 0 Å². The van der Waals surface area contributed by atoms with Crippen molar-refractivity contribution in [3.8, 4) is 0 Å². The van der Waals surface area contributed by atoms with Crippen molar-refractivity contribution < 1.29 is 121 Å². The summed E-state index contributed by atoms with van der Waals surface area (Å²) in [5, 5.41) is 0. The molecule has 64 valence electrons. The second kappa shape index (κ2) is 14.1. The second-order valence-electron chi connectivity index (χ2n) is 0.816. The van der Waals surface area contributed by atoms with Crippen molar-refractivity contribution in [2.45, 2.75) is 0 Å². The Kier molecular flexibility index (Phi) is 32.7. The first-order chi connectivity index (χ1) is 4.00. The molecule has 13 heteroatoms. The molecule has 0 amide bonds. The Morgan fingerprint density at radius 3 is 0.615 bits per heavy atom. The van der Waals surface area contributed by atoms with Crippen LogP contribution in [-0.2, 0) is 47.1 Å². The van der Waals surface area contributed by atoms with E-state index in [4.69, 9.17) is 28.6 Å². The van der Waals surface area contributed by atoms with Crippen molar-refractivity contribution in [1.29, 1.82) is 0 Å². The second-order valence-corrected chi connectivity index (χ2v) is 4.83. The molecule has 0 N–H and O–H groups in total. The van der Waals surface area contributed by atoms with Crippen molar-refractivity contribution >= 4 is 48.9 Å². The van der Waals surface area contributed by atoms with E-state index in [1.807, 2.05) is 0 Å². The van der Waals surface area contributed by atoms with Gasteiger partial charge in [-0.25, -0.2) is 0 Å². The summed E-state index contributed by atoms with van der Waals surface area (Å²) >= 11 is -12.0. The van der Waals surface area contributed by atoms with Crippen LogP contribution in [0, 0.1) is 0 Å². The van der Waals surface area contributed by atoms with Crippen LogP contribution < -0.4 is 74.2 Å². The SMILES string of the molecule is [Ba+2].[Na+].[Na+].[O]=[Mo](=[O])([O-])[O-].[O]=[Mo](=[O])([O-])[O-]. The monoisotopic (exact) mass is 508 g/mol. The average Bonchev–Trinajstić information content (AvgIpc) is 1.12. The molecule has 0 fully saturated rings. The molecule has 0 aliphatic heterocycles. The van der Waals surface area contributed by atoms with Gasteiger partial charge in [-0.3, -0.25) is 0 Å². The molecule has 0 aromatic carbocycles. The topological polar surface area (TPSA) is 161 Å². The summed E-state index contributed by atoms with van der Waals surface area (Å²) in [5.74, 6) is 0. The first-order valence-electron chi connectivity index (χ1n) is 1.33. The van der Waals surface area contributed by atoms with Gasteiger partial charge in [0, 0.05) is 0 Å². The molecule has 13 heavy (non-hydrogen) atoms. The fourth-order valence-corrected chi connectivity index (χ4v) is 0. The van der Waals surface area contributed by atoms with Gasteiger partial charge in [0.1, 0.15) is 0 Å². The first kappa shape index (κ1) is 30.2. The predicted octanol–water partition coefficient (Wildman–Crippen LogP) is -11.6. The molecule has 0 atom stereocenters. The van der Waals surface area contributed by atoms with Gasteiger partial charge in [0.15, 0.2) is 0 Å². The minimum atomic E-state index is -6.02. The van der Waals surface area contributed by atoms with Gasteiger partial charge in [0.25, 0.3) is 0 Å². The van der Waals surface area contributed by atoms with Crippen LogP contribution in [0.5, 0.6) is 0 Å². The summed E-state index contributed by atoms with van der Waals surface area (Å²) in [6.45, 7) is 0. The van der Waals surface area contributed by atoms with Gasteiger partial charge in [-0.2, -0.15) is 0 Å². The summed E-state index contributed by atoms with van der Waals surface area (Å²) in [6.07, 6.45) is 0. The molecule has 0 aromatic heterocycles. The average molecular weight is 503 g/mol. The molecule has 0 spiro atoms. The van der Waals surface area contributed by atoms with Gasteiger partial charge in [-0.15, -0.1) is 0 Å². The Hall–Kier alpha value is 3.99. The van der Waals surface area contributed by atoms with Gasteiger partial charge >= 0.3 is 170 Å². The van der Waals surface area contributed by atoms with E-state index < -0.39 is 33.5 Å². The van der Waals surface area contributed by atoms with Crippen LogP contribution in [0.15, 0.2) is 0 Å². The van der Waals surface area contributed by atoms with Crippen LogP contribution in [0.25, 0.3) is 0 Å². The molecular formula is BaMo2Na2O8. The molecule has 8 nitrogen and oxygen atoms in total. The van der Waals surface area contributed by atoms with Crippen LogP contribution in [0.2, 0.25) is 0 Å². The summed E-state index contributed by atoms with van der Waals surface area (Å²) in [7, 11) is 0. The van der Waals surface area contributed by atoms with E-state index in [1.54, 1.807) is 0 Å². The van der Waals surface area contributed by atoms with Gasteiger partial charge in [-0.05, 0) is 0 Å². The molecule has 0 aromatic rings. The molecule has 0 aliphatic carbocycles. The van der Waals surface area contributed by atoms with Gasteiger partial charge in [0.05, 0.1) is 0 Å². The van der Waals surface area contributed by atoms with Crippen molar-refractivity contribution in [2.24, 2.45) is 0 Å². The van der Waals surface area contributed by atoms with Gasteiger partial charge in [0.2, 0.25) is 0 Å². The molecule has 0 aliphatic rings. The Labute approximate surface area is 166 Å². The third-order valence-corrected chi connectivity index (χ3v) is 0. The summed E-state index contributed by atoms with van der Waals surface area (Å²) in [6, 6.07) is 0. The number of hydrogen-bond donors (Lipinski definition) is 0. The molecule has 0 radical (unpaired) electrons. The maximum atomic E-state index is 8.63. The van der Waals surface area contributed by atoms with Crippen molar-refractivity contribution in [1.82, 2.24) is 0 Å². The Morgan fingerprint density at radius 2 is 0.615 bits per heavy atom. The standard InChI is InChI=1S/Ba.2Mo.2Na.8O/q+2;;;2*+1;;;;;4*-1. The third-order valence-electron chi connectivity index (χ3n) is 0. The number of rotatable bonds is 0. The molecule has 0 bridgehead atoms. The van der Waals surface area contributed by atoms with Crippen LogP contribution in [0.3, 0.4) is 0 Å². The zero-order valence-electron chi connectivity index (χ0n) is 6.79. The van der Waals surface area contributed by atoms with Crippen LogP contribution in [-0.4, -0.2) is 48.9 Å². The Morgan fingerprint density at radius 1 is 0.615 bits per heavy atom. The minimum absolute atomic E-state index is 0. The zero-order chi connectivity index (χ0) is 9.00. The van der Waals surface area contributed by atoms with E-state index in [-0.39, 0.29) is 108 Å². The van der Waals surface area contributed by atoms with Crippen molar-refractivity contribution in [2.75, 3.05) is 0 Å². The predicted molar refractivity (Wildman–Crippen MR) is 8.50 cm³/mol. The molecule has 0 rings (SSSR count). The van der Waals surface area contributed by atoms with Crippen molar-refractivity contribution in [3.05, 3.63) is 0 Å². The summed E-state index contributed by atoms with van der Waals surface area (Å²) in [4.78, 5) is 0. The molecule has 0 saturated carbocycles.